The van der Waals surface area contributed by atoms with Crippen LogP contribution in [0.3, 0.4) is 0 Å². The first-order chi connectivity index (χ1) is 18.1. The Bertz CT molecular complexity index is 1930. The van der Waals surface area contributed by atoms with Gasteiger partial charge in [0.05, 0.1) is 9.79 Å². The van der Waals surface area contributed by atoms with Crippen LogP contribution in [0.5, 0.6) is 23.0 Å². The molecule has 0 saturated carbocycles. The summed E-state index contributed by atoms with van der Waals surface area (Å²) in [5.74, 6) is 2.67. The molecule has 0 amide bonds. The van der Waals surface area contributed by atoms with Crippen LogP contribution in [-0.2, 0) is 9.84 Å². The van der Waals surface area contributed by atoms with Crippen molar-refractivity contribution < 1.29 is 17.9 Å². The summed E-state index contributed by atoms with van der Waals surface area (Å²) < 4.78 is 39.0. The van der Waals surface area contributed by atoms with Crippen LogP contribution in [0.15, 0.2) is 131 Å². The average molecular weight is 501 g/mol. The van der Waals surface area contributed by atoms with E-state index in [0.29, 0.717) is 23.0 Å². The first-order valence-corrected chi connectivity index (χ1v) is 13.4. The molecule has 0 spiro atoms. The fourth-order valence-corrected chi connectivity index (χ4v) is 6.20. The Kier molecular flexibility index (Phi) is 4.81. The second kappa shape index (κ2) is 8.22. The third kappa shape index (κ3) is 3.47. The second-order valence-electron chi connectivity index (χ2n) is 8.96. The fourth-order valence-electron chi connectivity index (χ4n) is 4.92. The van der Waals surface area contributed by atoms with Crippen LogP contribution in [0.25, 0.3) is 32.7 Å². The summed E-state index contributed by atoms with van der Waals surface area (Å²) in [6.45, 7) is 0. The summed E-state index contributed by atoms with van der Waals surface area (Å²) in [7, 11) is -3.59. The first-order valence-electron chi connectivity index (χ1n) is 11.9. The van der Waals surface area contributed by atoms with Crippen molar-refractivity contribution in [3.8, 4) is 34.1 Å². The molecule has 0 radical (unpaired) electrons. The van der Waals surface area contributed by atoms with E-state index in [1.807, 2.05) is 72.8 Å². The number of benzene rings is 6. The van der Waals surface area contributed by atoms with Gasteiger partial charge >= 0.3 is 0 Å². The number of ether oxygens (including phenoxy) is 2. The molecule has 0 N–H and O–H groups in total. The van der Waals surface area contributed by atoms with Gasteiger partial charge in [-0.2, -0.15) is 0 Å². The minimum Gasteiger partial charge on any atom is -0.449 e. The van der Waals surface area contributed by atoms with Crippen molar-refractivity contribution in [2.75, 3.05) is 0 Å². The molecule has 7 rings (SSSR count). The summed E-state index contributed by atoms with van der Waals surface area (Å²) in [6.07, 6.45) is 0. The predicted molar refractivity (Wildman–Crippen MR) is 145 cm³/mol. The van der Waals surface area contributed by atoms with Gasteiger partial charge in [-0.25, -0.2) is 8.42 Å². The van der Waals surface area contributed by atoms with Crippen molar-refractivity contribution in [1.29, 1.82) is 0 Å². The Morgan fingerprint density at radius 2 is 1.11 bits per heavy atom. The zero-order chi connectivity index (χ0) is 25.0. The quantitative estimate of drug-likeness (QED) is 0.244. The van der Waals surface area contributed by atoms with Gasteiger partial charge in [-0.1, -0.05) is 84.9 Å². The van der Waals surface area contributed by atoms with Crippen LogP contribution < -0.4 is 9.47 Å². The van der Waals surface area contributed by atoms with Crippen molar-refractivity contribution >= 4 is 31.4 Å². The molecule has 0 fully saturated rings. The number of sulfone groups is 1. The molecule has 5 heteroatoms. The molecule has 37 heavy (non-hydrogen) atoms. The van der Waals surface area contributed by atoms with Crippen LogP contribution in [0, 0.1) is 0 Å². The van der Waals surface area contributed by atoms with Crippen LogP contribution in [-0.4, -0.2) is 8.42 Å². The minimum atomic E-state index is -3.59. The van der Waals surface area contributed by atoms with E-state index >= 15 is 0 Å². The van der Waals surface area contributed by atoms with Gasteiger partial charge < -0.3 is 9.47 Å². The fraction of sp³-hybridized carbons (Fsp3) is 0. The highest BCUT2D eigenvalue weighted by Gasteiger charge is 2.25. The normalized spacial score (nSPS) is 12.4. The highest BCUT2D eigenvalue weighted by Crippen LogP contribution is 2.53. The Hall–Kier alpha value is -4.61. The second-order valence-corrected chi connectivity index (χ2v) is 10.9. The zero-order valence-electron chi connectivity index (χ0n) is 19.6. The van der Waals surface area contributed by atoms with E-state index in [0.717, 1.165) is 32.7 Å². The van der Waals surface area contributed by atoms with E-state index in [2.05, 4.69) is 6.07 Å². The van der Waals surface area contributed by atoms with E-state index in [4.69, 9.17) is 9.47 Å². The minimum absolute atomic E-state index is 0.255. The molecule has 0 atom stereocenters. The largest absolute Gasteiger partial charge is 0.449 e. The molecule has 6 aromatic carbocycles. The highest BCUT2D eigenvalue weighted by molar-refractivity contribution is 7.91. The molecule has 0 bridgehead atoms. The van der Waals surface area contributed by atoms with Gasteiger partial charge in [0, 0.05) is 10.8 Å². The number of rotatable bonds is 3. The van der Waals surface area contributed by atoms with E-state index in [9.17, 15) is 8.42 Å². The van der Waals surface area contributed by atoms with Crippen LogP contribution in [0.1, 0.15) is 0 Å². The van der Waals surface area contributed by atoms with E-state index in [1.165, 1.54) is 0 Å². The molecule has 0 saturated heterocycles. The lowest BCUT2D eigenvalue weighted by atomic mass is 9.96. The van der Waals surface area contributed by atoms with Gasteiger partial charge in [0.1, 0.15) is 0 Å². The van der Waals surface area contributed by atoms with Crippen LogP contribution >= 0.6 is 0 Å². The number of hydrogen-bond donors (Lipinski definition) is 0. The summed E-state index contributed by atoms with van der Waals surface area (Å²) in [5.41, 5.74) is 1.82. The third-order valence-electron chi connectivity index (χ3n) is 6.76. The molecular formula is C32H20O4S. The molecule has 4 nitrogen and oxygen atoms in total. The Labute approximate surface area is 214 Å². The molecule has 1 heterocycles. The summed E-state index contributed by atoms with van der Waals surface area (Å²) in [4.78, 5) is 0.531. The monoisotopic (exact) mass is 500 g/mol. The SMILES string of the molecule is O=S(=O)(c1ccccc1)c1ccc(-c2cc3c(c4ccccc24)Oc2c(ccc4ccccc24)O3)cc1. The molecule has 0 aromatic heterocycles. The zero-order valence-corrected chi connectivity index (χ0v) is 20.4. The molecule has 1 aliphatic heterocycles. The van der Waals surface area contributed by atoms with Crippen molar-refractivity contribution in [1.82, 2.24) is 0 Å². The Morgan fingerprint density at radius 3 is 1.89 bits per heavy atom. The van der Waals surface area contributed by atoms with Gasteiger partial charge in [0.25, 0.3) is 0 Å². The maximum absolute atomic E-state index is 13.1. The Balaban J connectivity index is 1.35. The van der Waals surface area contributed by atoms with Gasteiger partial charge in [-0.05, 0) is 58.3 Å². The molecule has 6 aromatic rings. The maximum Gasteiger partial charge on any atom is 0.206 e. The molecule has 178 valence electrons. The summed E-state index contributed by atoms with van der Waals surface area (Å²) in [6, 6.07) is 37.5. The van der Waals surface area contributed by atoms with Crippen LogP contribution in [0.4, 0.5) is 0 Å². The van der Waals surface area contributed by atoms with Crippen LogP contribution in [0.2, 0.25) is 0 Å². The van der Waals surface area contributed by atoms with Gasteiger partial charge in [0.2, 0.25) is 9.84 Å². The highest BCUT2D eigenvalue weighted by atomic mass is 32.2. The smallest absolute Gasteiger partial charge is 0.206 e. The molecule has 1 aliphatic rings. The van der Waals surface area contributed by atoms with Gasteiger partial charge in [-0.15, -0.1) is 0 Å². The van der Waals surface area contributed by atoms with E-state index < -0.39 is 9.84 Å². The van der Waals surface area contributed by atoms with Crippen molar-refractivity contribution in [3.05, 3.63) is 121 Å². The molecule has 0 unspecified atom stereocenters. The first kappa shape index (κ1) is 21.7. The average Bonchev–Trinajstić information content (AvgIpc) is 2.96. The topological polar surface area (TPSA) is 52.6 Å². The molecule has 0 aliphatic carbocycles. The Morgan fingerprint density at radius 1 is 0.486 bits per heavy atom. The standard InChI is InChI=1S/C32H20O4S/c33-37(34,23-9-2-1-3-10-23)24-17-14-22(15-18-24)28-20-30-32(27-13-7-6-12-26(27)28)36-31-25-11-5-4-8-21(25)16-19-29(31)35-30/h1-20H. The maximum atomic E-state index is 13.1. The molecular weight excluding hydrogens is 480 g/mol. The predicted octanol–water partition coefficient (Wildman–Crippen LogP) is 8.39. The lowest BCUT2D eigenvalue weighted by Crippen LogP contribution is -2.02. The van der Waals surface area contributed by atoms with Crippen molar-refractivity contribution in [2.45, 2.75) is 9.79 Å². The third-order valence-corrected chi connectivity index (χ3v) is 8.54. The van der Waals surface area contributed by atoms with E-state index in [1.54, 1.807) is 42.5 Å². The van der Waals surface area contributed by atoms with Crippen molar-refractivity contribution in [3.63, 3.8) is 0 Å². The van der Waals surface area contributed by atoms with Crippen molar-refractivity contribution in [2.24, 2.45) is 0 Å². The summed E-state index contributed by atoms with van der Waals surface area (Å²) >= 11 is 0. The van der Waals surface area contributed by atoms with E-state index in [-0.39, 0.29) is 9.79 Å². The van der Waals surface area contributed by atoms with Gasteiger partial charge in [0.15, 0.2) is 23.0 Å². The lowest BCUT2D eigenvalue weighted by molar-refractivity contribution is 0.367. The number of fused-ring (bicyclic) bond motifs is 6. The van der Waals surface area contributed by atoms with Gasteiger partial charge in [-0.3, -0.25) is 0 Å². The lowest BCUT2D eigenvalue weighted by Gasteiger charge is -2.24. The number of hydrogen-bond acceptors (Lipinski definition) is 4. The summed E-state index contributed by atoms with van der Waals surface area (Å²) in [5, 5.41) is 4.00.